The van der Waals surface area contributed by atoms with E-state index >= 15 is 0 Å². The predicted molar refractivity (Wildman–Crippen MR) is 151 cm³/mol. The molecular weight excluding hydrogens is 512 g/mol. The van der Waals surface area contributed by atoms with E-state index in [4.69, 9.17) is 9.26 Å². The molecule has 3 N–H and O–H groups in total. The number of nitrogens with one attached hydrogen (secondary N) is 2. The van der Waals surface area contributed by atoms with E-state index in [-0.39, 0.29) is 37.0 Å². The normalized spacial score (nSPS) is 18.3. The van der Waals surface area contributed by atoms with Crippen molar-refractivity contribution < 1.29 is 24.0 Å². The number of ether oxygens (including phenoxy) is 1. The van der Waals surface area contributed by atoms with Gasteiger partial charge in [-0.3, -0.25) is 14.7 Å². The van der Waals surface area contributed by atoms with E-state index in [1.165, 1.54) is 0 Å². The molecule has 3 amide bonds. The van der Waals surface area contributed by atoms with E-state index in [0.29, 0.717) is 47.2 Å². The highest BCUT2D eigenvalue weighted by Gasteiger charge is 2.31. The van der Waals surface area contributed by atoms with Crippen molar-refractivity contribution in [3.63, 3.8) is 0 Å². The van der Waals surface area contributed by atoms with Crippen LogP contribution >= 0.6 is 0 Å². The van der Waals surface area contributed by atoms with Crippen LogP contribution in [0.25, 0.3) is 0 Å². The number of likely N-dealkylation sites (N-methyl/N-ethyl adjacent to an activating group) is 1. The maximum atomic E-state index is 13.4. The van der Waals surface area contributed by atoms with Gasteiger partial charge in [-0.15, -0.1) is 0 Å². The second kappa shape index (κ2) is 12.9. The van der Waals surface area contributed by atoms with Crippen LogP contribution in [0.4, 0.5) is 16.2 Å². The molecule has 1 aromatic carbocycles. The number of aromatic nitrogens is 2. The molecule has 4 rings (SSSR count). The number of pyridine rings is 1. The number of aliphatic hydroxyl groups excluding tert-OH is 1. The summed E-state index contributed by atoms with van der Waals surface area (Å²) in [4.78, 5) is 34.2. The molecule has 214 valence electrons. The van der Waals surface area contributed by atoms with Gasteiger partial charge in [-0.2, -0.15) is 0 Å². The number of urea groups is 1. The number of anilines is 2. The van der Waals surface area contributed by atoms with Crippen LogP contribution in [0, 0.1) is 19.8 Å². The van der Waals surface area contributed by atoms with E-state index in [9.17, 15) is 14.7 Å². The number of hydrogen-bond acceptors (Lipinski definition) is 8. The Morgan fingerprint density at radius 1 is 1.23 bits per heavy atom. The lowest BCUT2D eigenvalue weighted by molar-refractivity contribution is -0.134. The molecule has 0 fully saturated rings. The zero-order valence-electron chi connectivity index (χ0n) is 23.7. The Labute approximate surface area is 234 Å². The SMILES string of the molecule is Cc1noc(C)c1NC(=O)Nc1ccc2c(c1)CC(=O)N(C(C)CO)CC(C)C(CN(C)Cc1ccncc1)O2. The molecule has 0 radical (unpaired) electrons. The van der Waals surface area contributed by atoms with E-state index in [1.807, 2.05) is 26.1 Å². The Morgan fingerprint density at radius 3 is 2.65 bits per heavy atom. The van der Waals surface area contributed by atoms with E-state index < -0.39 is 6.03 Å². The third-order valence-electron chi connectivity index (χ3n) is 7.14. The first-order chi connectivity index (χ1) is 19.1. The van der Waals surface area contributed by atoms with Gasteiger partial charge >= 0.3 is 6.03 Å². The van der Waals surface area contributed by atoms with Crippen molar-refractivity contribution in [2.75, 3.05) is 37.4 Å². The number of rotatable bonds is 8. The molecular formula is C29H38N6O5. The zero-order chi connectivity index (χ0) is 28.8. The Morgan fingerprint density at radius 2 is 1.98 bits per heavy atom. The first kappa shape index (κ1) is 29.0. The van der Waals surface area contributed by atoms with Crippen LogP contribution in [-0.2, 0) is 17.8 Å². The summed E-state index contributed by atoms with van der Waals surface area (Å²) in [5.74, 6) is 0.981. The fourth-order valence-electron chi connectivity index (χ4n) is 4.83. The minimum atomic E-state index is -0.454. The Bertz CT molecular complexity index is 1290. The summed E-state index contributed by atoms with van der Waals surface area (Å²) in [6.45, 7) is 9.03. The monoisotopic (exact) mass is 550 g/mol. The van der Waals surface area contributed by atoms with Gasteiger partial charge in [0.15, 0.2) is 5.76 Å². The second-order valence-corrected chi connectivity index (χ2v) is 10.5. The standard InChI is InChI=1S/C29H38N6O5/c1-18-14-35(19(2)17-36)27(37)13-23-12-24(31-29(38)32-28-20(3)33-40-21(28)4)6-7-25(23)39-26(18)16-34(5)15-22-8-10-30-11-9-22/h6-12,18-19,26,36H,13-17H2,1-5H3,(H2,31,32,38). The molecule has 2 aromatic heterocycles. The molecule has 0 saturated carbocycles. The van der Waals surface area contributed by atoms with Gasteiger partial charge in [-0.25, -0.2) is 4.79 Å². The third kappa shape index (κ3) is 7.16. The van der Waals surface area contributed by atoms with Crippen molar-refractivity contribution in [1.82, 2.24) is 19.9 Å². The molecule has 3 atom stereocenters. The lowest BCUT2D eigenvalue weighted by atomic mass is 10.0. The predicted octanol–water partition coefficient (Wildman–Crippen LogP) is 3.61. The number of aryl methyl sites for hydroxylation is 2. The quantitative estimate of drug-likeness (QED) is 0.387. The van der Waals surface area contributed by atoms with Crippen molar-refractivity contribution in [3.8, 4) is 5.75 Å². The van der Waals surface area contributed by atoms with Crippen LogP contribution in [0.2, 0.25) is 0 Å². The van der Waals surface area contributed by atoms with E-state index in [2.05, 4.69) is 32.6 Å². The molecule has 1 aliphatic rings. The summed E-state index contributed by atoms with van der Waals surface area (Å²) in [5, 5.41) is 19.3. The maximum Gasteiger partial charge on any atom is 0.323 e. The lowest BCUT2D eigenvalue weighted by Gasteiger charge is -2.34. The van der Waals surface area contributed by atoms with Gasteiger partial charge in [0.1, 0.15) is 23.2 Å². The number of amides is 3. The molecule has 1 aliphatic heterocycles. The van der Waals surface area contributed by atoms with Crippen molar-refractivity contribution in [1.29, 1.82) is 0 Å². The number of nitrogens with zero attached hydrogens (tertiary/aromatic N) is 4. The van der Waals surface area contributed by atoms with Gasteiger partial charge in [-0.1, -0.05) is 12.1 Å². The number of benzene rings is 1. The zero-order valence-corrected chi connectivity index (χ0v) is 23.7. The number of aliphatic hydroxyl groups is 1. The van der Waals surface area contributed by atoms with Gasteiger partial charge in [0, 0.05) is 49.2 Å². The Kier molecular flexibility index (Phi) is 9.38. The largest absolute Gasteiger partial charge is 0.488 e. The highest BCUT2D eigenvalue weighted by molar-refractivity contribution is 6.00. The smallest absolute Gasteiger partial charge is 0.323 e. The first-order valence-corrected chi connectivity index (χ1v) is 13.4. The van der Waals surface area contributed by atoms with Crippen molar-refractivity contribution >= 4 is 23.3 Å². The second-order valence-electron chi connectivity index (χ2n) is 10.5. The summed E-state index contributed by atoms with van der Waals surface area (Å²) in [5.41, 5.74) is 3.41. The highest BCUT2D eigenvalue weighted by Crippen LogP contribution is 2.29. The van der Waals surface area contributed by atoms with Crippen LogP contribution in [0.15, 0.2) is 47.2 Å². The summed E-state index contributed by atoms with van der Waals surface area (Å²) in [7, 11) is 2.04. The van der Waals surface area contributed by atoms with E-state index in [0.717, 1.165) is 12.1 Å². The lowest BCUT2D eigenvalue weighted by Crippen LogP contribution is -2.47. The summed E-state index contributed by atoms with van der Waals surface area (Å²) >= 11 is 0. The van der Waals surface area contributed by atoms with Crippen LogP contribution in [0.5, 0.6) is 5.75 Å². The molecule has 11 heteroatoms. The molecule has 40 heavy (non-hydrogen) atoms. The fraction of sp³-hybridized carbons (Fsp3) is 0.448. The molecule has 0 aliphatic carbocycles. The van der Waals surface area contributed by atoms with Gasteiger partial charge in [0.25, 0.3) is 0 Å². The number of fused-ring (bicyclic) bond motifs is 1. The topological polar surface area (TPSA) is 133 Å². The van der Waals surface area contributed by atoms with Crippen molar-refractivity contribution in [2.45, 2.75) is 52.8 Å². The molecule has 3 aromatic rings. The highest BCUT2D eigenvalue weighted by atomic mass is 16.5. The number of carbonyl (C=O) groups excluding carboxylic acids is 2. The molecule has 0 bridgehead atoms. The minimum absolute atomic E-state index is 0.0116. The number of hydrogen-bond donors (Lipinski definition) is 3. The average Bonchev–Trinajstić information content (AvgIpc) is 3.25. The summed E-state index contributed by atoms with van der Waals surface area (Å²) < 4.78 is 11.7. The summed E-state index contributed by atoms with van der Waals surface area (Å²) in [6.07, 6.45) is 3.40. The molecule has 3 heterocycles. The van der Waals surface area contributed by atoms with Crippen LogP contribution in [-0.4, -0.2) is 75.9 Å². The molecule has 0 spiro atoms. The Balaban J connectivity index is 1.57. The van der Waals surface area contributed by atoms with Gasteiger partial charge < -0.3 is 29.9 Å². The van der Waals surface area contributed by atoms with Crippen molar-refractivity contribution in [2.24, 2.45) is 5.92 Å². The van der Waals surface area contributed by atoms with Gasteiger partial charge in [-0.05, 0) is 63.7 Å². The number of carbonyl (C=O) groups is 2. The first-order valence-electron chi connectivity index (χ1n) is 13.4. The molecule has 3 unspecified atom stereocenters. The minimum Gasteiger partial charge on any atom is -0.488 e. The molecule has 0 saturated heterocycles. The van der Waals surface area contributed by atoms with Crippen LogP contribution in [0.3, 0.4) is 0 Å². The van der Waals surface area contributed by atoms with Crippen molar-refractivity contribution in [3.05, 3.63) is 65.3 Å². The van der Waals surface area contributed by atoms with E-state index in [1.54, 1.807) is 49.3 Å². The maximum absolute atomic E-state index is 13.4. The molecule has 11 nitrogen and oxygen atoms in total. The average molecular weight is 551 g/mol. The van der Waals surface area contributed by atoms with Crippen LogP contribution in [0.1, 0.15) is 36.4 Å². The van der Waals surface area contributed by atoms with Gasteiger partial charge in [0.2, 0.25) is 5.91 Å². The fourth-order valence-corrected chi connectivity index (χ4v) is 4.83. The Hall–Kier alpha value is -3.96. The third-order valence-corrected chi connectivity index (χ3v) is 7.14. The summed E-state index contributed by atoms with van der Waals surface area (Å²) in [6, 6.07) is 8.48. The van der Waals surface area contributed by atoms with Gasteiger partial charge in [0.05, 0.1) is 19.1 Å². The van der Waals surface area contributed by atoms with Crippen LogP contribution < -0.4 is 15.4 Å².